The van der Waals surface area contributed by atoms with Gasteiger partial charge in [0.15, 0.2) is 5.13 Å². The first-order chi connectivity index (χ1) is 17.0. The lowest BCUT2D eigenvalue weighted by atomic mass is 10.0. The minimum Gasteiger partial charge on any atom is -0.444 e. The monoisotopic (exact) mass is 547 g/mol. The zero-order chi connectivity index (χ0) is 26.3. The molecule has 0 bridgehead atoms. The van der Waals surface area contributed by atoms with E-state index in [1.54, 1.807) is 11.3 Å². The van der Waals surface area contributed by atoms with Gasteiger partial charge in [0.25, 0.3) is 0 Å². The summed E-state index contributed by atoms with van der Waals surface area (Å²) in [5.74, 6) is 0.487. The Morgan fingerprint density at radius 2 is 1.83 bits per heavy atom. The highest BCUT2D eigenvalue weighted by Crippen LogP contribution is 2.37. The lowest BCUT2D eigenvalue weighted by Gasteiger charge is -2.23. The minimum atomic E-state index is -0.516. The molecule has 0 saturated carbocycles. The van der Waals surface area contributed by atoms with E-state index in [-0.39, 0.29) is 0 Å². The molecule has 0 saturated heterocycles. The molecule has 3 rings (SSSR count). The molecular weight excluding hydrogens is 513 g/mol. The summed E-state index contributed by atoms with van der Waals surface area (Å²) in [6.07, 6.45) is 1.28. The molecule has 0 aliphatic carbocycles. The summed E-state index contributed by atoms with van der Waals surface area (Å²) in [6.45, 7) is 12.0. The molecule has 0 aliphatic rings. The molecule has 8 heteroatoms. The third kappa shape index (κ3) is 8.68. The van der Waals surface area contributed by atoms with E-state index in [1.165, 1.54) is 10.4 Å². The Hall–Kier alpha value is -2.28. The molecule has 36 heavy (non-hydrogen) atoms. The van der Waals surface area contributed by atoms with Crippen molar-refractivity contribution in [2.75, 3.05) is 18.0 Å². The number of hydrogen-bond acceptors (Lipinski definition) is 5. The van der Waals surface area contributed by atoms with Crippen LogP contribution < -0.4 is 10.2 Å². The van der Waals surface area contributed by atoms with E-state index in [0.29, 0.717) is 22.5 Å². The maximum Gasteiger partial charge on any atom is 0.407 e. The van der Waals surface area contributed by atoms with Crippen molar-refractivity contribution in [3.8, 4) is 11.3 Å². The second-order valence-electron chi connectivity index (χ2n) is 10.2. The number of aromatic nitrogens is 1. The van der Waals surface area contributed by atoms with E-state index in [9.17, 15) is 4.79 Å². The van der Waals surface area contributed by atoms with Gasteiger partial charge in [0.1, 0.15) is 5.60 Å². The third-order valence-electron chi connectivity index (χ3n) is 5.23. The zero-order valence-corrected chi connectivity index (χ0v) is 23.9. The van der Waals surface area contributed by atoms with Crippen LogP contribution in [0.2, 0.25) is 10.0 Å². The van der Waals surface area contributed by atoms with Crippen LogP contribution in [0.1, 0.15) is 51.5 Å². The molecule has 0 unspecified atom stereocenters. The standard InChI is InChI=1S/C28H35Cl2N3O2S/c1-19(2)16-24-25(21-12-13-22(29)23(30)17-21)32-26(36-24)33(18-20-10-7-6-8-11-20)15-9-14-31-27(34)35-28(3,4)5/h6-8,10-13,17,19H,9,14-16,18H2,1-5H3,(H,31,34). The van der Waals surface area contributed by atoms with Crippen molar-refractivity contribution in [1.82, 2.24) is 10.3 Å². The van der Waals surface area contributed by atoms with Crippen LogP contribution in [0, 0.1) is 5.92 Å². The third-order valence-corrected chi connectivity index (χ3v) is 7.11. The van der Waals surface area contributed by atoms with Gasteiger partial charge in [-0.3, -0.25) is 0 Å². The van der Waals surface area contributed by atoms with E-state index in [1.807, 2.05) is 57.2 Å². The number of alkyl carbamates (subject to hydrolysis) is 1. The maximum absolute atomic E-state index is 12.0. The van der Waals surface area contributed by atoms with Crippen LogP contribution in [0.3, 0.4) is 0 Å². The number of anilines is 1. The average molecular weight is 549 g/mol. The van der Waals surface area contributed by atoms with Gasteiger partial charge in [-0.05, 0) is 57.2 Å². The van der Waals surface area contributed by atoms with Crippen molar-refractivity contribution >= 4 is 45.8 Å². The normalized spacial score (nSPS) is 11.6. The van der Waals surface area contributed by atoms with E-state index in [2.05, 4.69) is 36.2 Å². The van der Waals surface area contributed by atoms with Crippen molar-refractivity contribution in [1.29, 1.82) is 0 Å². The quantitative estimate of drug-likeness (QED) is 0.259. The van der Waals surface area contributed by atoms with Crippen molar-refractivity contribution in [2.24, 2.45) is 5.92 Å². The van der Waals surface area contributed by atoms with Gasteiger partial charge in [0.05, 0.1) is 15.7 Å². The van der Waals surface area contributed by atoms with Gasteiger partial charge in [-0.25, -0.2) is 9.78 Å². The lowest BCUT2D eigenvalue weighted by molar-refractivity contribution is 0.0527. The highest BCUT2D eigenvalue weighted by atomic mass is 35.5. The first-order valence-electron chi connectivity index (χ1n) is 12.2. The van der Waals surface area contributed by atoms with Crippen LogP contribution in [0.4, 0.5) is 9.93 Å². The van der Waals surface area contributed by atoms with E-state index >= 15 is 0 Å². The van der Waals surface area contributed by atoms with Crippen molar-refractivity contribution in [2.45, 2.75) is 59.6 Å². The highest BCUT2D eigenvalue weighted by Gasteiger charge is 2.20. The van der Waals surface area contributed by atoms with E-state index in [4.69, 9.17) is 32.9 Å². The predicted octanol–water partition coefficient (Wildman–Crippen LogP) is 8.24. The lowest BCUT2D eigenvalue weighted by Crippen LogP contribution is -2.34. The molecule has 0 spiro atoms. The fraction of sp³-hybridized carbons (Fsp3) is 0.429. The summed E-state index contributed by atoms with van der Waals surface area (Å²) in [7, 11) is 0. The molecule has 0 radical (unpaired) electrons. The summed E-state index contributed by atoms with van der Waals surface area (Å²) >= 11 is 14.2. The molecular formula is C28H35Cl2N3O2S. The Bertz CT molecular complexity index is 1140. The molecule has 0 fully saturated rings. The van der Waals surface area contributed by atoms with E-state index < -0.39 is 11.7 Å². The Kier molecular flexibility index (Phi) is 10.1. The van der Waals surface area contributed by atoms with Crippen LogP contribution >= 0.6 is 34.5 Å². The second-order valence-corrected chi connectivity index (χ2v) is 12.1. The van der Waals surface area contributed by atoms with Gasteiger partial charge in [-0.1, -0.05) is 73.4 Å². The van der Waals surface area contributed by atoms with Gasteiger partial charge in [0, 0.05) is 30.1 Å². The van der Waals surface area contributed by atoms with Crippen LogP contribution in [0.15, 0.2) is 48.5 Å². The Morgan fingerprint density at radius 3 is 2.47 bits per heavy atom. The summed E-state index contributed by atoms with van der Waals surface area (Å²) in [5, 5.41) is 4.86. The number of nitrogens with one attached hydrogen (secondary N) is 1. The molecule has 1 N–H and O–H groups in total. The van der Waals surface area contributed by atoms with Gasteiger partial charge < -0.3 is 15.0 Å². The maximum atomic E-state index is 12.0. The molecule has 3 aromatic rings. The van der Waals surface area contributed by atoms with Gasteiger partial charge in [-0.2, -0.15) is 0 Å². The first kappa shape index (κ1) is 28.3. The minimum absolute atomic E-state index is 0.396. The second kappa shape index (κ2) is 12.8. The molecule has 0 aliphatic heterocycles. The van der Waals surface area contributed by atoms with Gasteiger partial charge in [0.2, 0.25) is 0 Å². The van der Waals surface area contributed by atoms with Crippen molar-refractivity contribution in [3.63, 3.8) is 0 Å². The largest absolute Gasteiger partial charge is 0.444 e. The number of ether oxygens (including phenoxy) is 1. The number of amides is 1. The predicted molar refractivity (Wildman–Crippen MR) is 152 cm³/mol. The topological polar surface area (TPSA) is 54.5 Å². The first-order valence-corrected chi connectivity index (χ1v) is 13.8. The van der Waals surface area contributed by atoms with Gasteiger partial charge in [-0.15, -0.1) is 11.3 Å². The van der Waals surface area contributed by atoms with Crippen LogP contribution in [-0.2, 0) is 17.7 Å². The molecule has 2 aromatic carbocycles. The average Bonchev–Trinajstić information content (AvgIpc) is 3.20. The number of carbonyl (C=O) groups excluding carboxylic acids is 1. The van der Waals surface area contributed by atoms with Crippen LogP contribution in [-0.4, -0.2) is 29.8 Å². The summed E-state index contributed by atoms with van der Waals surface area (Å²) in [5.41, 5.74) is 2.60. The number of hydrogen-bond donors (Lipinski definition) is 1. The number of thiazole rings is 1. The Morgan fingerprint density at radius 1 is 1.11 bits per heavy atom. The van der Waals surface area contributed by atoms with Crippen LogP contribution in [0.25, 0.3) is 11.3 Å². The SMILES string of the molecule is CC(C)Cc1sc(N(CCCNC(=O)OC(C)(C)C)Cc2ccccc2)nc1-c1ccc(Cl)c(Cl)c1. The molecule has 5 nitrogen and oxygen atoms in total. The van der Waals surface area contributed by atoms with Gasteiger partial charge >= 0.3 is 6.09 Å². The fourth-order valence-electron chi connectivity index (χ4n) is 3.67. The molecule has 1 heterocycles. The summed E-state index contributed by atoms with van der Waals surface area (Å²) in [4.78, 5) is 20.6. The number of halogens is 2. The number of nitrogens with zero attached hydrogens (tertiary/aromatic N) is 2. The fourth-order valence-corrected chi connectivity index (χ4v) is 5.29. The highest BCUT2D eigenvalue weighted by molar-refractivity contribution is 7.16. The van der Waals surface area contributed by atoms with Crippen molar-refractivity contribution in [3.05, 3.63) is 69.0 Å². The Labute approximate surface area is 228 Å². The number of carbonyl (C=O) groups is 1. The number of rotatable bonds is 10. The smallest absolute Gasteiger partial charge is 0.407 e. The molecule has 1 aromatic heterocycles. The Balaban J connectivity index is 1.84. The van der Waals surface area contributed by atoms with Crippen LogP contribution in [0.5, 0.6) is 0 Å². The molecule has 0 atom stereocenters. The zero-order valence-electron chi connectivity index (χ0n) is 21.6. The van der Waals surface area contributed by atoms with Crippen molar-refractivity contribution < 1.29 is 9.53 Å². The van der Waals surface area contributed by atoms with E-state index in [0.717, 1.165) is 42.3 Å². The number of benzene rings is 2. The summed E-state index contributed by atoms with van der Waals surface area (Å²) < 4.78 is 5.35. The molecule has 1 amide bonds. The molecule has 194 valence electrons. The summed E-state index contributed by atoms with van der Waals surface area (Å²) in [6, 6.07) is 16.0.